The summed E-state index contributed by atoms with van der Waals surface area (Å²) < 4.78 is 5.16. The second kappa shape index (κ2) is 7.48. The molecule has 24 heavy (non-hydrogen) atoms. The van der Waals surface area contributed by atoms with E-state index in [1.54, 1.807) is 6.08 Å². The van der Waals surface area contributed by atoms with E-state index in [0.29, 0.717) is 6.61 Å². The normalized spacial score (nSPS) is 11.5. The summed E-state index contributed by atoms with van der Waals surface area (Å²) in [7, 11) is 0. The third-order valence-corrected chi connectivity index (χ3v) is 4.90. The molecular formula is C22H26O2. The zero-order valence-corrected chi connectivity index (χ0v) is 15.5. The van der Waals surface area contributed by atoms with E-state index in [2.05, 4.69) is 34.6 Å². The van der Waals surface area contributed by atoms with Crippen LogP contribution in [0.15, 0.2) is 36.4 Å². The van der Waals surface area contributed by atoms with E-state index >= 15 is 0 Å². The highest BCUT2D eigenvalue weighted by molar-refractivity contribution is 5.97. The third-order valence-electron chi connectivity index (χ3n) is 4.90. The molecule has 0 saturated heterocycles. The lowest BCUT2D eigenvalue weighted by atomic mass is 9.84. The molecule has 0 bridgehead atoms. The molecular weight excluding hydrogens is 296 g/mol. The van der Waals surface area contributed by atoms with Gasteiger partial charge in [0, 0.05) is 6.08 Å². The van der Waals surface area contributed by atoms with Crippen LogP contribution in [0.4, 0.5) is 0 Å². The van der Waals surface area contributed by atoms with Crippen LogP contribution in [0.2, 0.25) is 0 Å². The molecule has 0 amide bonds. The Morgan fingerprint density at radius 2 is 1.38 bits per heavy atom. The molecule has 0 saturated carbocycles. The van der Waals surface area contributed by atoms with E-state index in [0.717, 1.165) is 16.7 Å². The van der Waals surface area contributed by atoms with Gasteiger partial charge in [0.05, 0.1) is 6.61 Å². The first kappa shape index (κ1) is 18.0. The number of ether oxygens (including phenoxy) is 1. The van der Waals surface area contributed by atoms with Crippen LogP contribution in [0.25, 0.3) is 5.57 Å². The number of rotatable bonds is 4. The lowest BCUT2D eigenvalue weighted by Gasteiger charge is -2.21. The predicted molar refractivity (Wildman–Crippen MR) is 100 cm³/mol. The van der Waals surface area contributed by atoms with Gasteiger partial charge >= 0.3 is 5.97 Å². The molecule has 2 aromatic carbocycles. The first-order valence-electron chi connectivity index (χ1n) is 8.39. The van der Waals surface area contributed by atoms with Crippen molar-refractivity contribution in [2.45, 2.75) is 41.5 Å². The summed E-state index contributed by atoms with van der Waals surface area (Å²) in [6.07, 6.45) is 1.63. The van der Waals surface area contributed by atoms with Crippen LogP contribution >= 0.6 is 0 Å². The van der Waals surface area contributed by atoms with Gasteiger partial charge in [0.1, 0.15) is 0 Å². The number of hydrogen-bond donors (Lipinski definition) is 0. The van der Waals surface area contributed by atoms with E-state index in [1.807, 2.05) is 37.3 Å². The summed E-state index contributed by atoms with van der Waals surface area (Å²) in [6, 6.07) is 10.0. The fourth-order valence-corrected chi connectivity index (χ4v) is 3.12. The van der Waals surface area contributed by atoms with Gasteiger partial charge in [-0.25, -0.2) is 4.79 Å². The molecule has 0 radical (unpaired) electrons. The molecule has 2 rings (SSSR count). The number of benzene rings is 2. The van der Waals surface area contributed by atoms with Crippen LogP contribution in [0.1, 0.15) is 45.9 Å². The number of esters is 1. The van der Waals surface area contributed by atoms with Crippen LogP contribution in [0.3, 0.4) is 0 Å². The Morgan fingerprint density at radius 1 is 0.875 bits per heavy atom. The van der Waals surface area contributed by atoms with Crippen LogP contribution in [-0.4, -0.2) is 12.6 Å². The molecule has 0 spiro atoms. The Labute approximate surface area is 145 Å². The molecule has 0 aromatic heterocycles. The molecule has 0 N–H and O–H groups in total. The van der Waals surface area contributed by atoms with Crippen molar-refractivity contribution in [3.63, 3.8) is 0 Å². The molecule has 0 aliphatic carbocycles. The van der Waals surface area contributed by atoms with Gasteiger partial charge < -0.3 is 4.74 Å². The van der Waals surface area contributed by atoms with E-state index in [4.69, 9.17) is 4.74 Å². The lowest BCUT2D eigenvalue weighted by molar-refractivity contribution is -0.137. The summed E-state index contributed by atoms with van der Waals surface area (Å²) in [4.78, 5) is 12.2. The molecule has 0 unspecified atom stereocenters. The Kier molecular flexibility index (Phi) is 5.61. The summed E-state index contributed by atoms with van der Waals surface area (Å²) in [5.74, 6) is -0.300. The predicted octanol–water partition coefficient (Wildman–Crippen LogP) is 5.22. The maximum atomic E-state index is 12.2. The number of carbonyl (C=O) groups is 1. The largest absolute Gasteiger partial charge is 0.463 e. The van der Waals surface area contributed by atoms with Crippen molar-refractivity contribution in [1.82, 2.24) is 0 Å². The van der Waals surface area contributed by atoms with Crippen molar-refractivity contribution in [2.75, 3.05) is 6.61 Å². The molecule has 2 nitrogen and oxygen atoms in total. The Hall–Kier alpha value is -2.35. The zero-order valence-electron chi connectivity index (χ0n) is 15.5. The molecule has 2 aromatic rings. The van der Waals surface area contributed by atoms with Crippen LogP contribution in [-0.2, 0) is 9.53 Å². The number of carbonyl (C=O) groups excluding carboxylic acids is 1. The Bertz CT molecular complexity index is 754. The van der Waals surface area contributed by atoms with Crippen molar-refractivity contribution in [1.29, 1.82) is 0 Å². The van der Waals surface area contributed by atoms with Crippen LogP contribution in [0.5, 0.6) is 0 Å². The van der Waals surface area contributed by atoms with Gasteiger partial charge in [-0.3, -0.25) is 0 Å². The van der Waals surface area contributed by atoms with Crippen LogP contribution < -0.4 is 0 Å². The maximum Gasteiger partial charge on any atom is 0.331 e. The highest BCUT2D eigenvalue weighted by Crippen LogP contribution is 2.34. The molecule has 0 fully saturated rings. The zero-order chi connectivity index (χ0) is 17.9. The highest BCUT2D eigenvalue weighted by atomic mass is 16.5. The number of hydrogen-bond acceptors (Lipinski definition) is 2. The fourth-order valence-electron chi connectivity index (χ4n) is 3.12. The topological polar surface area (TPSA) is 26.3 Å². The van der Waals surface area contributed by atoms with E-state index in [-0.39, 0.29) is 5.97 Å². The minimum atomic E-state index is -0.300. The van der Waals surface area contributed by atoms with Gasteiger partial charge in [0.2, 0.25) is 0 Å². The quantitative estimate of drug-likeness (QED) is 0.569. The van der Waals surface area contributed by atoms with Crippen molar-refractivity contribution in [3.05, 3.63) is 75.4 Å². The summed E-state index contributed by atoms with van der Waals surface area (Å²) in [5, 5.41) is 0. The summed E-state index contributed by atoms with van der Waals surface area (Å²) >= 11 is 0. The molecule has 126 valence electrons. The highest BCUT2D eigenvalue weighted by Gasteiger charge is 2.18. The molecule has 0 heterocycles. The first-order chi connectivity index (χ1) is 11.4. The van der Waals surface area contributed by atoms with E-state index in [9.17, 15) is 4.79 Å². The molecule has 0 atom stereocenters. The van der Waals surface area contributed by atoms with Crippen molar-refractivity contribution < 1.29 is 9.53 Å². The Morgan fingerprint density at radius 3 is 1.88 bits per heavy atom. The van der Waals surface area contributed by atoms with Crippen molar-refractivity contribution in [2.24, 2.45) is 0 Å². The van der Waals surface area contributed by atoms with Gasteiger partial charge in [-0.05, 0) is 86.1 Å². The lowest BCUT2D eigenvalue weighted by Crippen LogP contribution is -2.06. The molecule has 2 heteroatoms. The monoisotopic (exact) mass is 322 g/mol. The van der Waals surface area contributed by atoms with E-state index < -0.39 is 0 Å². The summed E-state index contributed by atoms with van der Waals surface area (Å²) in [6.45, 7) is 12.9. The van der Waals surface area contributed by atoms with Gasteiger partial charge in [-0.15, -0.1) is 0 Å². The molecule has 0 aliphatic heterocycles. The van der Waals surface area contributed by atoms with Gasteiger partial charge in [-0.2, -0.15) is 0 Å². The van der Waals surface area contributed by atoms with Crippen molar-refractivity contribution in [3.8, 4) is 0 Å². The van der Waals surface area contributed by atoms with Crippen LogP contribution in [0, 0.1) is 34.6 Å². The SMILES string of the molecule is CCOC(=O)/C=C(/c1ccccc1)c1c(C)c(C)c(C)c(C)c1C. The molecule has 0 aliphatic rings. The Balaban J connectivity index is 2.77. The second-order valence-electron chi connectivity index (χ2n) is 6.18. The first-order valence-corrected chi connectivity index (χ1v) is 8.39. The average molecular weight is 322 g/mol. The third kappa shape index (κ3) is 3.43. The smallest absolute Gasteiger partial charge is 0.331 e. The van der Waals surface area contributed by atoms with Gasteiger partial charge in [0.15, 0.2) is 0 Å². The van der Waals surface area contributed by atoms with Gasteiger partial charge in [-0.1, -0.05) is 30.3 Å². The van der Waals surface area contributed by atoms with Crippen molar-refractivity contribution >= 4 is 11.5 Å². The van der Waals surface area contributed by atoms with Gasteiger partial charge in [0.25, 0.3) is 0 Å². The maximum absolute atomic E-state index is 12.2. The minimum Gasteiger partial charge on any atom is -0.463 e. The van der Waals surface area contributed by atoms with E-state index in [1.165, 1.54) is 27.8 Å². The second-order valence-corrected chi connectivity index (χ2v) is 6.18. The average Bonchev–Trinajstić information content (AvgIpc) is 2.58. The standard InChI is InChI=1S/C22H26O2/c1-7-24-21(23)13-20(19-11-9-8-10-12-19)22-17(5)15(3)14(2)16(4)18(22)6/h8-13H,7H2,1-6H3/b20-13-. The minimum absolute atomic E-state index is 0.300. The summed E-state index contributed by atoms with van der Waals surface area (Å²) in [5.41, 5.74) is 9.39. The fraction of sp³-hybridized carbons (Fsp3) is 0.318.